The number of carboxylic acid groups (broad SMARTS) is 1. The number of ether oxygens (including phenoxy) is 3. The molecule has 3 fully saturated rings. The molecule has 0 aliphatic carbocycles. The third-order valence-electron chi connectivity index (χ3n) is 11.3. The molecule has 1 aromatic heterocycles. The third kappa shape index (κ3) is 8.00. The molecule has 53 heavy (non-hydrogen) atoms. The van der Waals surface area contributed by atoms with Crippen molar-refractivity contribution in [2.24, 2.45) is 0 Å². The Balaban J connectivity index is 1.20. The number of carbonyl (C=O) groups is 3. The van der Waals surface area contributed by atoms with E-state index in [0.717, 1.165) is 43.5 Å². The average molecular weight is 769 g/mol. The van der Waals surface area contributed by atoms with Crippen LogP contribution in [0.4, 0.5) is 4.79 Å². The number of pyridine rings is 1. The summed E-state index contributed by atoms with van der Waals surface area (Å²) in [5.41, 5.74) is 1.09. The maximum atomic E-state index is 14.0. The highest BCUT2D eigenvalue weighted by molar-refractivity contribution is 6.42. The van der Waals surface area contributed by atoms with E-state index in [1.807, 2.05) is 41.3 Å². The number of halogens is 2. The zero-order valence-corrected chi connectivity index (χ0v) is 31.9. The summed E-state index contributed by atoms with van der Waals surface area (Å²) in [6, 6.07) is 13.6. The first-order valence-electron chi connectivity index (χ1n) is 18.0. The minimum atomic E-state index is -0.979. The van der Waals surface area contributed by atoms with Crippen molar-refractivity contribution in [1.82, 2.24) is 25.0 Å². The SMILES string of the molecule is COc1cc(C(=O)N2CCC(CCN3CCC(NC(=O)N4CCCCC4C(=O)O)(c4ccccn4)CC3)(c3ccc(Cl)c(Cl)c3)C2)cc(OC)c1OC. The first-order chi connectivity index (χ1) is 25.5. The van der Waals surface area contributed by atoms with Gasteiger partial charge in [-0.25, -0.2) is 9.59 Å². The molecular formula is C39H47Cl2N5O7. The second kappa shape index (κ2) is 16.4. The summed E-state index contributed by atoms with van der Waals surface area (Å²) in [5, 5.41) is 14.0. The van der Waals surface area contributed by atoms with Crippen LogP contribution < -0.4 is 19.5 Å². The molecule has 3 aromatic rings. The fourth-order valence-electron chi connectivity index (χ4n) is 8.17. The van der Waals surface area contributed by atoms with Crippen molar-refractivity contribution in [3.05, 3.63) is 81.6 Å². The Morgan fingerprint density at radius 1 is 0.906 bits per heavy atom. The van der Waals surface area contributed by atoms with E-state index in [1.165, 1.54) is 26.2 Å². The highest BCUT2D eigenvalue weighted by Gasteiger charge is 2.45. The molecule has 2 N–H and O–H groups in total. The molecule has 2 aromatic carbocycles. The van der Waals surface area contributed by atoms with Crippen LogP contribution in [0.1, 0.15) is 66.6 Å². The van der Waals surface area contributed by atoms with Gasteiger partial charge in [0, 0.05) is 49.9 Å². The van der Waals surface area contributed by atoms with Crippen LogP contribution in [-0.4, -0.2) is 109 Å². The molecule has 4 heterocycles. The predicted molar refractivity (Wildman–Crippen MR) is 201 cm³/mol. The highest BCUT2D eigenvalue weighted by Crippen LogP contribution is 2.43. The summed E-state index contributed by atoms with van der Waals surface area (Å²) in [6.45, 7) is 3.53. The number of methoxy groups -OCH3 is 3. The van der Waals surface area contributed by atoms with Crippen molar-refractivity contribution < 1.29 is 33.7 Å². The Labute approximate surface area is 320 Å². The number of benzene rings is 2. The van der Waals surface area contributed by atoms with Gasteiger partial charge in [-0.1, -0.05) is 35.3 Å². The normalized spacial score (nSPS) is 21.6. The van der Waals surface area contributed by atoms with Crippen LogP contribution in [0.25, 0.3) is 0 Å². The minimum absolute atomic E-state index is 0.140. The lowest BCUT2D eigenvalue weighted by Gasteiger charge is -2.44. The summed E-state index contributed by atoms with van der Waals surface area (Å²) in [4.78, 5) is 50.1. The van der Waals surface area contributed by atoms with Gasteiger partial charge in [-0.05, 0) is 93.5 Å². The third-order valence-corrected chi connectivity index (χ3v) is 12.0. The van der Waals surface area contributed by atoms with Crippen LogP contribution in [0, 0.1) is 0 Å². The maximum Gasteiger partial charge on any atom is 0.326 e. The molecule has 14 heteroatoms. The van der Waals surface area contributed by atoms with Crippen molar-refractivity contribution in [1.29, 1.82) is 0 Å². The molecular weight excluding hydrogens is 721 g/mol. The molecule has 2 atom stereocenters. The van der Waals surface area contributed by atoms with E-state index < -0.39 is 23.0 Å². The number of rotatable bonds is 11. The van der Waals surface area contributed by atoms with Gasteiger partial charge in [0.15, 0.2) is 11.5 Å². The standard InChI is InChI=1S/C39H47Cl2N5O7/c1-51-31-22-26(23-32(52-2)34(31)53-3)35(47)45-21-13-38(25-45,27-10-11-28(40)29(41)24-27)12-18-44-19-14-39(15-20-44,33-9-4-6-16-42-33)43-37(50)46-17-7-5-8-30(46)36(48)49/h4,6,9-11,16,22-24,30H,5,7-8,12-15,17-21,25H2,1-3H3,(H,43,50)(H,48,49). The van der Waals surface area contributed by atoms with Crippen LogP contribution in [0.15, 0.2) is 54.7 Å². The zero-order chi connectivity index (χ0) is 37.8. The van der Waals surface area contributed by atoms with E-state index in [1.54, 1.807) is 18.3 Å². The molecule has 3 aliphatic heterocycles. The fraction of sp³-hybridized carbons (Fsp3) is 0.487. The van der Waals surface area contributed by atoms with Gasteiger partial charge >= 0.3 is 12.0 Å². The summed E-state index contributed by atoms with van der Waals surface area (Å²) in [6.07, 6.45) is 6.40. The van der Waals surface area contributed by atoms with E-state index >= 15 is 0 Å². The average Bonchev–Trinajstić information content (AvgIpc) is 3.63. The Bertz CT molecular complexity index is 1780. The number of aromatic nitrogens is 1. The van der Waals surface area contributed by atoms with Gasteiger partial charge in [0.05, 0.1) is 42.6 Å². The molecule has 0 spiro atoms. The molecule has 0 saturated carbocycles. The summed E-state index contributed by atoms with van der Waals surface area (Å²) in [5.74, 6) is 0.117. The number of likely N-dealkylation sites (tertiary alicyclic amines) is 3. The number of nitrogens with zero attached hydrogens (tertiary/aromatic N) is 4. The van der Waals surface area contributed by atoms with Crippen molar-refractivity contribution in [2.45, 2.75) is 61.9 Å². The van der Waals surface area contributed by atoms with Crippen LogP contribution >= 0.6 is 23.2 Å². The van der Waals surface area contributed by atoms with Crippen molar-refractivity contribution in [3.63, 3.8) is 0 Å². The van der Waals surface area contributed by atoms with Gasteiger partial charge in [-0.15, -0.1) is 0 Å². The molecule has 12 nitrogen and oxygen atoms in total. The zero-order valence-electron chi connectivity index (χ0n) is 30.4. The first-order valence-corrected chi connectivity index (χ1v) is 18.8. The lowest BCUT2D eigenvalue weighted by molar-refractivity contribution is -0.143. The lowest BCUT2D eigenvalue weighted by Crippen LogP contribution is -2.59. The number of piperidine rings is 2. The summed E-state index contributed by atoms with van der Waals surface area (Å²) < 4.78 is 16.5. The molecule has 3 amide bonds. The van der Waals surface area contributed by atoms with E-state index in [2.05, 4.69) is 15.2 Å². The van der Waals surface area contributed by atoms with Crippen molar-refractivity contribution in [2.75, 3.05) is 60.6 Å². The molecule has 284 valence electrons. The van der Waals surface area contributed by atoms with Gasteiger partial charge < -0.3 is 39.3 Å². The Morgan fingerprint density at radius 3 is 2.26 bits per heavy atom. The number of aliphatic carboxylic acids is 1. The number of nitrogens with one attached hydrogen (secondary N) is 1. The van der Waals surface area contributed by atoms with E-state index in [0.29, 0.717) is 84.8 Å². The second-order valence-electron chi connectivity index (χ2n) is 14.2. The van der Waals surface area contributed by atoms with Crippen LogP contribution in [-0.2, 0) is 15.7 Å². The summed E-state index contributed by atoms with van der Waals surface area (Å²) in [7, 11) is 4.57. The lowest BCUT2D eigenvalue weighted by atomic mass is 9.76. The highest BCUT2D eigenvalue weighted by atomic mass is 35.5. The molecule has 3 aliphatic rings. The Morgan fingerprint density at radius 2 is 1.64 bits per heavy atom. The number of carboxylic acids is 1. The monoisotopic (exact) mass is 767 g/mol. The second-order valence-corrected chi connectivity index (χ2v) is 15.0. The minimum Gasteiger partial charge on any atom is -0.493 e. The number of hydrogen-bond acceptors (Lipinski definition) is 8. The molecule has 0 bridgehead atoms. The van der Waals surface area contributed by atoms with Gasteiger partial charge in [-0.3, -0.25) is 9.78 Å². The van der Waals surface area contributed by atoms with Crippen molar-refractivity contribution in [3.8, 4) is 17.2 Å². The van der Waals surface area contributed by atoms with Crippen LogP contribution in [0.2, 0.25) is 10.0 Å². The van der Waals surface area contributed by atoms with Crippen molar-refractivity contribution >= 4 is 41.1 Å². The van der Waals surface area contributed by atoms with Gasteiger partial charge in [-0.2, -0.15) is 0 Å². The van der Waals surface area contributed by atoms with E-state index in [-0.39, 0.29) is 11.9 Å². The molecule has 0 radical (unpaired) electrons. The van der Waals surface area contributed by atoms with E-state index in [9.17, 15) is 19.5 Å². The van der Waals surface area contributed by atoms with Gasteiger partial charge in [0.2, 0.25) is 5.75 Å². The van der Waals surface area contributed by atoms with Gasteiger partial charge in [0.25, 0.3) is 5.91 Å². The molecule has 2 unspecified atom stereocenters. The predicted octanol–water partition coefficient (Wildman–Crippen LogP) is 6.23. The summed E-state index contributed by atoms with van der Waals surface area (Å²) >= 11 is 12.9. The smallest absolute Gasteiger partial charge is 0.326 e. The molecule has 6 rings (SSSR count). The quantitative estimate of drug-likeness (QED) is 0.233. The number of urea groups is 1. The first kappa shape index (κ1) is 38.5. The number of hydrogen-bond donors (Lipinski definition) is 2. The number of carbonyl (C=O) groups excluding carboxylic acids is 2. The van der Waals surface area contributed by atoms with Crippen LogP contribution in [0.5, 0.6) is 17.2 Å². The fourth-order valence-corrected chi connectivity index (χ4v) is 8.47. The van der Waals surface area contributed by atoms with Gasteiger partial charge in [0.1, 0.15) is 6.04 Å². The Hall–Kier alpha value is -4.26. The van der Waals surface area contributed by atoms with Crippen LogP contribution in [0.3, 0.4) is 0 Å². The number of amides is 3. The maximum absolute atomic E-state index is 14.0. The Kier molecular flexibility index (Phi) is 11.9. The largest absolute Gasteiger partial charge is 0.493 e. The van der Waals surface area contributed by atoms with E-state index in [4.69, 9.17) is 37.4 Å². The molecule has 3 saturated heterocycles. The topological polar surface area (TPSA) is 134 Å².